The first kappa shape index (κ1) is 9.25. The Morgan fingerprint density at radius 1 is 1.27 bits per heavy atom. The van der Waals surface area contributed by atoms with E-state index < -0.39 is 6.03 Å². The normalized spacial score (nSPS) is 7.45. The average molecular weight is 152 g/mol. The Kier molecular flexibility index (Phi) is 5.36. The monoisotopic (exact) mass is 152 g/mol. The van der Waals surface area contributed by atoms with Crippen molar-refractivity contribution in [3.8, 4) is 12.1 Å². The molecule has 0 aliphatic carbocycles. The van der Waals surface area contributed by atoms with Crippen molar-refractivity contribution < 1.29 is 4.79 Å². The van der Waals surface area contributed by atoms with Crippen molar-refractivity contribution in [3.05, 3.63) is 0 Å². The molecule has 0 aromatic carbocycles. The number of nitrogens with zero attached hydrogens (tertiary/aromatic N) is 2. The lowest BCUT2D eigenvalue weighted by Gasteiger charge is -2.00. The van der Waals surface area contributed by atoms with Gasteiger partial charge in [0.1, 0.15) is 6.54 Å². The number of urea groups is 1. The van der Waals surface area contributed by atoms with Gasteiger partial charge >= 0.3 is 6.03 Å². The van der Waals surface area contributed by atoms with Crippen LogP contribution in [0.25, 0.3) is 0 Å². The molecular formula is C6H8N4O. The minimum absolute atomic E-state index is 0.0155. The van der Waals surface area contributed by atoms with Crippen LogP contribution in [-0.4, -0.2) is 19.1 Å². The third-order valence-electron chi connectivity index (χ3n) is 0.850. The highest BCUT2D eigenvalue weighted by molar-refractivity contribution is 5.73. The van der Waals surface area contributed by atoms with Gasteiger partial charge in [-0.2, -0.15) is 10.5 Å². The number of nitriles is 2. The third-order valence-corrected chi connectivity index (χ3v) is 0.850. The summed E-state index contributed by atoms with van der Waals surface area (Å²) in [5, 5.41) is 20.8. The molecule has 0 aliphatic heterocycles. The van der Waals surface area contributed by atoms with Crippen molar-refractivity contribution in [2.75, 3.05) is 13.1 Å². The molecule has 0 spiro atoms. The Morgan fingerprint density at radius 3 is 2.55 bits per heavy atom. The lowest BCUT2D eigenvalue weighted by atomic mass is 10.5. The SMILES string of the molecule is N#CCCNC(=O)NCC#N. The van der Waals surface area contributed by atoms with Crippen molar-refractivity contribution in [1.29, 1.82) is 10.5 Å². The first-order valence-electron chi connectivity index (χ1n) is 3.07. The Balaban J connectivity index is 3.26. The molecule has 5 nitrogen and oxygen atoms in total. The highest BCUT2D eigenvalue weighted by atomic mass is 16.2. The number of amides is 2. The van der Waals surface area contributed by atoms with E-state index in [0.29, 0.717) is 6.54 Å². The van der Waals surface area contributed by atoms with Crippen molar-refractivity contribution in [2.45, 2.75) is 6.42 Å². The molecule has 0 saturated heterocycles. The molecule has 0 aromatic rings. The maximum absolute atomic E-state index is 10.6. The molecule has 0 radical (unpaired) electrons. The van der Waals surface area contributed by atoms with Gasteiger partial charge in [-0.1, -0.05) is 0 Å². The van der Waals surface area contributed by atoms with Crippen LogP contribution in [0.2, 0.25) is 0 Å². The second-order valence-electron chi connectivity index (χ2n) is 1.68. The number of nitrogens with one attached hydrogen (secondary N) is 2. The van der Waals surface area contributed by atoms with E-state index >= 15 is 0 Å². The molecule has 0 fully saturated rings. The minimum atomic E-state index is -0.415. The van der Waals surface area contributed by atoms with Crippen LogP contribution in [0.5, 0.6) is 0 Å². The van der Waals surface area contributed by atoms with Crippen LogP contribution >= 0.6 is 0 Å². The number of carbonyl (C=O) groups excluding carboxylic acids is 1. The van der Waals surface area contributed by atoms with Gasteiger partial charge in [0.25, 0.3) is 0 Å². The fourth-order valence-electron chi connectivity index (χ4n) is 0.414. The van der Waals surface area contributed by atoms with E-state index in [-0.39, 0.29) is 13.0 Å². The van der Waals surface area contributed by atoms with Gasteiger partial charge in [0.2, 0.25) is 0 Å². The summed E-state index contributed by atoms with van der Waals surface area (Å²) >= 11 is 0. The van der Waals surface area contributed by atoms with E-state index in [4.69, 9.17) is 10.5 Å². The van der Waals surface area contributed by atoms with Gasteiger partial charge in [0.15, 0.2) is 0 Å². The Hall–Kier alpha value is -1.75. The van der Waals surface area contributed by atoms with E-state index in [9.17, 15) is 4.79 Å². The van der Waals surface area contributed by atoms with E-state index in [2.05, 4.69) is 10.6 Å². The standard InChI is InChI=1S/C6H8N4O/c7-2-1-4-9-6(11)10-5-3-8/h1,4-5H2,(H2,9,10,11). The molecular weight excluding hydrogens is 144 g/mol. The molecule has 0 bridgehead atoms. The Bertz CT molecular complexity index is 200. The quantitative estimate of drug-likeness (QED) is 0.430. The summed E-state index contributed by atoms with van der Waals surface area (Å²) in [5.74, 6) is 0. The largest absolute Gasteiger partial charge is 0.337 e. The van der Waals surface area contributed by atoms with E-state index in [1.807, 2.05) is 6.07 Å². The van der Waals surface area contributed by atoms with Gasteiger partial charge < -0.3 is 10.6 Å². The molecule has 5 heteroatoms. The number of rotatable bonds is 3. The predicted octanol–water partition coefficient (Wildman–Crippen LogP) is -0.277. The lowest BCUT2D eigenvalue weighted by molar-refractivity contribution is 0.242. The average Bonchev–Trinajstić information content (AvgIpc) is 2.01. The highest BCUT2D eigenvalue weighted by Crippen LogP contribution is 1.70. The van der Waals surface area contributed by atoms with Crippen molar-refractivity contribution in [2.24, 2.45) is 0 Å². The van der Waals surface area contributed by atoms with Gasteiger partial charge in [-0.15, -0.1) is 0 Å². The summed E-state index contributed by atoms with van der Waals surface area (Å²) in [5.41, 5.74) is 0. The number of carbonyl (C=O) groups is 1. The number of hydrogen-bond acceptors (Lipinski definition) is 3. The summed E-state index contributed by atoms with van der Waals surface area (Å²) in [6.45, 7) is 0.298. The van der Waals surface area contributed by atoms with Crippen molar-refractivity contribution in [1.82, 2.24) is 10.6 Å². The molecule has 0 saturated carbocycles. The molecule has 0 aromatic heterocycles. The molecule has 58 valence electrons. The first-order chi connectivity index (χ1) is 5.31. The van der Waals surface area contributed by atoms with Gasteiger partial charge in [-0.05, 0) is 0 Å². The maximum atomic E-state index is 10.6. The zero-order valence-corrected chi connectivity index (χ0v) is 5.92. The molecule has 0 heterocycles. The van der Waals surface area contributed by atoms with Gasteiger partial charge in [-0.25, -0.2) is 4.79 Å². The van der Waals surface area contributed by atoms with Crippen molar-refractivity contribution in [3.63, 3.8) is 0 Å². The summed E-state index contributed by atoms with van der Waals surface area (Å²) in [4.78, 5) is 10.6. The number of hydrogen-bond donors (Lipinski definition) is 2. The van der Waals surface area contributed by atoms with Crippen molar-refractivity contribution >= 4 is 6.03 Å². The summed E-state index contributed by atoms with van der Waals surface area (Å²) in [6.07, 6.45) is 0.278. The lowest BCUT2D eigenvalue weighted by Crippen LogP contribution is -2.35. The molecule has 0 atom stereocenters. The van der Waals surface area contributed by atoms with Crippen LogP contribution in [0.15, 0.2) is 0 Å². The van der Waals surface area contributed by atoms with Crippen LogP contribution in [0.4, 0.5) is 4.79 Å². The van der Waals surface area contributed by atoms with E-state index in [0.717, 1.165) is 0 Å². The van der Waals surface area contributed by atoms with E-state index in [1.54, 1.807) is 6.07 Å². The van der Waals surface area contributed by atoms with Crippen LogP contribution in [-0.2, 0) is 0 Å². The molecule has 0 rings (SSSR count). The van der Waals surface area contributed by atoms with Crippen LogP contribution in [0, 0.1) is 22.7 Å². The molecule has 0 aliphatic rings. The zero-order valence-electron chi connectivity index (χ0n) is 5.92. The Labute approximate surface area is 64.6 Å². The highest BCUT2D eigenvalue weighted by Gasteiger charge is 1.95. The van der Waals surface area contributed by atoms with Crippen LogP contribution < -0.4 is 10.6 Å². The summed E-state index contributed by atoms with van der Waals surface area (Å²) in [7, 11) is 0. The predicted molar refractivity (Wildman–Crippen MR) is 37.2 cm³/mol. The van der Waals surface area contributed by atoms with Crippen LogP contribution in [0.3, 0.4) is 0 Å². The summed E-state index contributed by atoms with van der Waals surface area (Å²) in [6, 6.07) is 3.21. The molecule has 2 amide bonds. The second-order valence-corrected chi connectivity index (χ2v) is 1.68. The topological polar surface area (TPSA) is 88.7 Å². The molecule has 11 heavy (non-hydrogen) atoms. The smallest absolute Gasteiger partial charge is 0.315 e. The Morgan fingerprint density at radius 2 is 2.00 bits per heavy atom. The maximum Gasteiger partial charge on any atom is 0.315 e. The minimum Gasteiger partial charge on any atom is -0.337 e. The first-order valence-corrected chi connectivity index (χ1v) is 3.07. The fourth-order valence-corrected chi connectivity index (χ4v) is 0.414. The van der Waals surface area contributed by atoms with E-state index in [1.165, 1.54) is 0 Å². The fraction of sp³-hybridized carbons (Fsp3) is 0.500. The van der Waals surface area contributed by atoms with Crippen LogP contribution in [0.1, 0.15) is 6.42 Å². The molecule has 2 N–H and O–H groups in total. The second kappa shape index (κ2) is 6.37. The summed E-state index contributed by atoms with van der Waals surface area (Å²) < 4.78 is 0. The zero-order chi connectivity index (χ0) is 8.53. The van der Waals surface area contributed by atoms with Gasteiger partial charge in [0.05, 0.1) is 18.6 Å². The van der Waals surface area contributed by atoms with Gasteiger partial charge in [0, 0.05) is 6.54 Å². The third kappa shape index (κ3) is 6.13. The van der Waals surface area contributed by atoms with Gasteiger partial charge in [-0.3, -0.25) is 0 Å². The molecule has 0 unspecified atom stereocenters.